The summed E-state index contributed by atoms with van der Waals surface area (Å²) >= 11 is 0. The predicted molar refractivity (Wildman–Crippen MR) is 80.4 cm³/mol. The van der Waals surface area contributed by atoms with Gasteiger partial charge < -0.3 is 20.5 Å². The molecule has 2 aromatic rings. The number of anilines is 1. The first kappa shape index (κ1) is 15.8. The minimum absolute atomic E-state index is 0.139. The van der Waals surface area contributed by atoms with Crippen LogP contribution in [0.3, 0.4) is 0 Å². The molecule has 0 atom stereocenters. The highest BCUT2D eigenvalue weighted by Gasteiger charge is 2.15. The molecule has 0 saturated carbocycles. The number of aryl methyl sites for hydroxylation is 1. The van der Waals surface area contributed by atoms with E-state index in [0.29, 0.717) is 16.9 Å². The number of amides is 1. The van der Waals surface area contributed by atoms with Crippen molar-refractivity contribution in [2.45, 2.75) is 26.4 Å². The third kappa shape index (κ3) is 3.96. The molecule has 0 saturated heterocycles. The number of aromatic nitrogens is 4. The zero-order valence-electron chi connectivity index (χ0n) is 13.1. The molecule has 9 nitrogen and oxygen atoms in total. The Balaban J connectivity index is 1.87. The second-order valence-electron chi connectivity index (χ2n) is 5.67. The summed E-state index contributed by atoms with van der Waals surface area (Å²) in [6.45, 7) is 5.85. The van der Waals surface area contributed by atoms with Gasteiger partial charge in [-0.05, 0) is 20.8 Å². The Morgan fingerprint density at radius 1 is 1.41 bits per heavy atom. The lowest BCUT2D eigenvalue weighted by molar-refractivity contribution is 0.0519. The molecule has 2 rings (SSSR count). The second kappa shape index (κ2) is 6.04. The number of alkyl carbamates (subject to hydrolysis) is 1. The molecule has 0 aromatic carbocycles. The molecule has 0 aliphatic carbocycles. The first-order valence-corrected chi connectivity index (χ1v) is 6.81. The van der Waals surface area contributed by atoms with Crippen molar-refractivity contribution in [3.63, 3.8) is 0 Å². The lowest BCUT2D eigenvalue weighted by atomic mass is 10.2. The van der Waals surface area contributed by atoms with E-state index in [9.17, 15) is 4.79 Å². The van der Waals surface area contributed by atoms with Gasteiger partial charge in [0.25, 0.3) is 0 Å². The molecule has 22 heavy (non-hydrogen) atoms. The van der Waals surface area contributed by atoms with E-state index in [1.807, 2.05) is 0 Å². The van der Waals surface area contributed by atoms with Crippen LogP contribution in [0.4, 0.5) is 10.6 Å². The van der Waals surface area contributed by atoms with Crippen molar-refractivity contribution in [2.75, 3.05) is 18.9 Å². The van der Waals surface area contributed by atoms with Crippen molar-refractivity contribution in [1.82, 2.24) is 25.1 Å². The van der Waals surface area contributed by atoms with Gasteiger partial charge >= 0.3 is 12.1 Å². The fourth-order valence-electron chi connectivity index (χ4n) is 1.70. The van der Waals surface area contributed by atoms with Gasteiger partial charge in [-0.1, -0.05) is 0 Å². The number of hydrogen-bond acceptors (Lipinski definition) is 7. The highest BCUT2D eigenvalue weighted by atomic mass is 16.6. The number of nitrogen functional groups attached to an aromatic ring is 1. The number of ether oxygens (including phenoxy) is 2. The Labute approximate surface area is 127 Å². The van der Waals surface area contributed by atoms with E-state index in [-0.39, 0.29) is 19.2 Å². The molecule has 0 aliphatic rings. The summed E-state index contributed by atoms with van der Waals surface area (Å²) in [5, 5.41) is 7.30. The van der Waals surface area contributed by atoms with Crippen molar-refractivity contribution < 1.29 is 14.3 Å². The molecule has 0 spiro atoms. The van der Waals surface area contributed by atoms with Crippen molar-refractivity contribution in [1.29, 1.82) is 0 Å². The fourth-order valence-corrected chi connectivity index (χ4v) is 1.70. The summed E-state index contributed by atoms with van der Waals surface area (Å²) < 4.78 is 12.1. The van der Waals surface area contributed by atoms with Crippen molar-refractivity contribution in [3.8, 4) is 6.01 Å². The van der Waals surface area contributed by atoms with Gasteiger partial charge in [0.15, 0.2) is 5.65 Å². The first-order valence-electron chi connectivity index (χ1n) is 6.81. The average Bonchev–Trinajstić information content (AvgIpc) is 2.75. The fraction of sp³-hybridized carbons (Fsp3) is 0.538. The second-order valence-corrected chi connectivity index (χ2v) is 5.67. The van der Waals surface area contributed by atoms with Crippen LogP contribution < -0.4 is 15.8 Å². The zero-order valence-corrected chi connectivity index (χ0v) is 13.1. The molecule has 2 heterocycles. The Morgan fingerprint density at radius 2 is 2.14 bits per heavy atom. The largest absolute Gasteiger partial charge is 0.461 e. The normalized spacial score (nSPS) is 11.5. The maximum absolute atomic E-state index is 11.5. The smallest absolute Gasteiger partial charge is 0.407 e. The van der Waals surface area contributed by atoms with Gasteiger partial charge in [0.05, 0.1) is 18.1 Å². The molecule has 9 heteroatoms. The third-order valence-electron chi connectivity index (χ3n) is 2.60. The average molecular weight is 308 g/mol. The summed E-state index contributed by atoms with van der Waals surface area (Å²) in [6.07, 6.45) is 1.09. The van der Waals surface area contributed by atoms with Gasteiger partial charge in [0.1, 0.15) is 18.0 Å². The number of hydrogen-bond donors (Lipinski definition) is 2. The number of carbonyl (C=O) groups excluding carboxylic acids is 1. The van der Waals surface area contributed by atoms with E-state index < -0.39 is 11.7 Å². The van der Waals surface area contributed by atoms with Crippen LogP contribution in [0.15, 0.2) is 6.20 Å². The van der Waals surface area contributed by atoms with E-state index in [2.05, 4.69) is 20.4 Å². The topological polar surface area (TPSA) is 117 Å². The van der Waals surface area contributed by atoms with Gasteiger partial charge in [0, 0.05) is 7.05 Å². The van der Waals surface area contributed by atoms with E-state index in [1.54, 1.807) is 38.7 Å². The summed E-state index contributed by atoms with van der Waals surface area (Å²) in [5.74, 6) is 0.299. The molecular formula is C13H20N6O3. The van der Waals surface area contributed by atoms with Crippen LogP contribution in [0.2, 0.25) is 0 Å². The Bertz CT molecular complexity index is 676. The van der Waals surface area contributed by atoms with E-state index in [0.717, 1.165) is 0 Å². The van der Waals surface area contributed by atoms with Crippen LogP contribution >= 0.6 is 0 Å². The number of nitrogens with two attached hydrogens (primary N) is 1. The number of nitrogens with zero attached hydrogens (tertiary/aromatic N) is 4. The summed E-state index contributed by atoms with van der Waals surface area (Å²) in [5.41, 5.74) is 5.87. The van der Waals surface area contributed by atoms with Crippen LogP contribution in [0.5, 0.6) is 6.01 Å². The minimum Gasteiger partial charge on any atom is -0.461 e. The lowest BCUT2D eigenvalue weighted by Gasteiger charge is -2.19. The van der Waals surface area contributed by atoms with Crippen LogP contribution in [-0.2, 0) is 11.8 Å². The van der Waals surface area contributed by atoms with Gasteiger partial charge in [0.2, 0.25) is 0 Å². The quantitative estimate of drug-likeness (QED) is 0.804. The molecule has 120 valence electrons. The van der Waals surface area contributed by atoms with E-state index >= 15 is 0 Å². The summed E-state index contributed by atoms with van der Waals surface area (Å²) in [4.78, 5) is 19.7. The molecular weight excluding hydrogens is 288 g/mol. The van der Waals surface area contributed by atoms with Crippen molar-refractivity contribution in [3.05, 3.63) is 6.20 Å². The minimum atomic E-state index is -0.535. The highest BCUT2D eigenvalue weighted by Crippen LogP contribution is 2.19. The molecule has 3 N–H and O–H groups in total. The standard InChI is InChI=1S/C13H20N6O3/c1-13(2,3)22-12(20)15-5-6-21-11-17-9(14)8-7-16-19(4)10(8)18-11/h7H,5-6H2,1-4H3,(H,15,20)(H2,14,17,18). The zero-order chi connectivity index (χ0) is 16.3. The third-order valence-corrected chi connectivity index (χ3v) is 2.60. The predicted octanol–water partition coefficient (Wildman–Crippen LogP) is 0.849. The molecule has 0 unspecified atom stereocenters. The maximum atomic E-state index is 11.5. The van der Waals surface area contributed by atoms with Crippen molar-refractivity contribution in [2.24, 2.45) is 7.05 Å². The Hall–Kier alpha value is -2.58. The maximum Gasteiger partial charge on any atom is 0.407 e. The van der Waals surface area contributed by atoms with Gasteiger partial charge in [-0.3, -0.25) is 4.68 Å². The van der Waals surface area contributed by atoms with Crippen LogP contribution in [0, 0.1) is 0 Å². The van der Waals surface area contributed by atoms with E-state index in [1.165, 1.54) is 0 Å². The molecule has 0 radical (unpaired) electrons. The molecule has 0 bridgehead atoms. The Morgan fingerprint density at radius 3 is 2.82 bits per heavy atom. The molecule has 2 aromatic heterocycles. The lowest BCUT2D eigenvalue weighted by Crippen LogP contribution is -2.34. The van der Waals surface area contributed by atoms with Crippen LogP contribution in [0.25, 0.3) is 11.0 Å². The number of rotatable bonds is 4. The number of nitrogens with one attached hydrogen (secondary N) is 1. The van der Waals surface area contributed by atoms with Gasteiger partial charge in [-0.25, -0.2) is 4.79 Å². The van der Waals surface area contributed by atoms with E-state index in [4.69, 9.17) is 15.2 Å². The van der Waals surface area contributed by atoms with Gasteiger partial charge in [-0.2, -0.15) is 15.1 Å². The first-order chi connectivity index (χ1) is 10.3. The highest BCUT2D eigenvalue weighted by molar-refractivity contribution is 5.85. The molecule has 0 fully saturated rings. The monoisotopic (exact) mass is 308 g/mol. The SMILES string of the molecule is Cn1ncc2c(N)nc(OCCNC(=O)OC(C)(C)C)nc21. The van der Waals surface area contributed by atoms with Gasteiger partial charge in [-0.15, -0.1) is 0 Å². The molecule has 0 aliphatic heterocycles. The summed E-state index contributed by atoms with van der Waals surface area (Å²) in [6, 6.07) is 0.139. The number of carbonyl (C=O) groups is 1. The van der Waals surface area contributed by atoms with Crippen molar-refractivity contribution >= 4 is 22.9 Å². The number of fused-ring (bicyclic) bond motifs is 1. The van der Waals surface area contributed by atoms with Crippen LogP contribution in [0.1, 0.15) is 20.8 Å². The molecule has 1 amide bonds. The summed E-state index contributed by atoms with van der Waals surface area (Å²) in [7, 11) is 1.75. The van der Waals surface area contributed by atoms with Crippen LogP contribution in [-0.4, -0.2) is 44.6 Å². The Kier molecular flexibility index (Phi) is 4.34.